The second-order valence-electron chi connectivity index (χ2n) is 6.77. The van der Waals surface area contributed by atoms with E-state index in [1.54, 1.807) is 29.3 Å². The molecule has 0 radical (unpaired) electrons. The van der Waals surface area contributed by atoms with E-state index >= 15 is 0 Å². The van der Waals surface area contributed by atoms with Gasteiger partial charge in [0.15, 0.2) is 0 Å². The van der Waals surface area contributed by atoms with Crippen LogP contribution in [0.3, 0.4) is 0 Å². The van der Waals surface area contributed by atoms with Crippen molar-refractivity contribution in [1.29, 1.82) is 0 Å². The molecule has 0 saturated heterocycles. The number of hydrogen-bond acceptors (Lipinski definition) is 4. The molecular formula is C20H22N4O3. The lowest BCUT2D eigenvalue weighted by atomic mass is 10.1. The Morgan fingerprint density at radius 3 is 2.63 bits per heavy atom. The van der Waals surface area contributed by atoms with Crippen molar-refractivity contribution in [2.45, 2.75) is 39.4 Å². The van der Waals surface area contributed by atoms with Gasteiger partial charge in [-0.3, -0.25) is 19.4 Å². The second kappa shape index (κ2) is 7.57. The first-order valence-electron chi connectivity index (χ1n) is 8.80. The standard InChI is InChI=1S/C20H22N4O3/c1-12(2)24-16-8-7-13(3)10-15(16)17(20(24)27)23-19(26)18(25)22-11-14-6-4-5-9-21-14/h4-10,12,17H,11H2,1-3H3,(H,22,25)(H,23,26)/t17-/m0/s1. The van der Waals surface area contributed by atoms with Crippen LogP contribution >= 0.6 is 0 Å². The Hall–Kier alpha value is -3.22. The summed E-state index contributed by atoms with van der Waals surface area (Å²) < 4.78 is 0. The number of pyridine rings is 1. The zero-order valence-electron chi connectivity index (χ0n) is 15.5. The number of aryl methyl sites for hydroxylation is 1. The molecule has 0 bridgehead atoms. The van der Waals surface area contributed by atoms with Crippen molar-refractivity contribution < 1.29 is 14.4 Å². The van der Waals surface area contributed by atoms with Crippen molar-refractivity contribution in [2.75, 3.05) is 4.90 Å². The van der Waals surface area contributed by atoms with Crippen molar-refractivity contribution in [3.8, 4) is 0 Å². The largest absolute Gasteiger partial charge is 0.342 e. The Bertz CT molecular complexity index is 880. The molecule has 0 spiro atoms. The van der Waals surface area contributed by atoms with Gasteiger partial charge in [-0.1, -0.05) is 23.8 Å². The highest BCUT2D eigenvalue weighted by Crippen LogP contribution is 2.37. The second-order valence-corrected chi connectivity index (χ2v) is 6.77. The van der Waals surface area contributed by atoms with Gasteiger partial charge < -0.3 is 15.5 Å². The Balaban J connectivity index is 1.72. The summed E-state index contributed by atoms with van der Waals surface area (Å²) in [7, 11) is 0. The lowest BCUT2D eigenvalue weighted by molar-refractivity contribution is -0.140. The quantitative estimate of drug-likeness (QED) is 0.805. The van der Waals surface area contributed by atoms with E-state index in [0.29, 0.717) is 11.3 Å². The highest BCUT2D eigenvalue weighted by molar-refractivity contribution is 6.35. The number of anilines is 1. The molecule has 0 saturated carbocycles. The Kier molecular flexibility index (Phi) is 5.21. The van der Waals surface area contributed by atoms with Crippen LogP contribution in [0.25, 0.3) is 0 Å². The molecule has 1 atom stereocenters. The summed E-state index contributed by atoms with van der Waals surface area (Å²) >= 11 is 0. The molecule has 3 rings (SSSR count). The van der Waals surface area contributed by atoms with E-state index in [0.717, 1.165) is 11.3 Å². The van der Waals surface area contributed by atoms with Crippen molar-refractivity contribution in [3.05, 3.63) is 59.4 Å². The number of hydrogen-bond donors (Lipinski definition) is 2. The smallest absolute Gasteiger partial charge is 0.310 e. The van der Waals surface area contributed by atoms with E-state index in [-0.39, 0.29) is 18.5 Å². The third-order valence-electron chi connectivity index (χ3n) is 4.39. The summed E-state index contributed by atoms with van der Waals surface area (Å²) in [6.07, 6.45) is 1.61. The average molecular weight is 366 g/mol. The molecule has 0 fully saturated rings. The topological polar surface area (TPSA) is 91.4 Å². The lowest BCUT2D eigenvalue weighted by Gasteiger charge is -2.22. The number of carbonyl (C=O) groups is 3. The van der Waals surface area contributed by atoms with Gasteiger partial charge in [-0.15, -0.1) is 0 Å². The number of nitrogens with zero attached hydrogens (tertiary/aromatic N) is 2. The number of fused-ring (bicyclic) bond motifs is 1. The zero-order chi connectivity index (χ0) is 19.6. The first kappa shape index (κ1) is 18.6. The number of carbonyl (C=O) groups excluding carboxylic acids is 3. The minimum Gasteiger partial charge on any atom is -0.342 e. The zero-order valence-corrected chi connectivity index (χ0v) is 15.5. The molecule has 1 aliphatic heterocycles. The molecule has 0 unspecified atom stereocenters. The van der Waals surface area contributed by atoms with E-state index < -0.39 is 17.9 Å². The van der Waals surface area contributed by atoms with E-state index in [9.17, 15) is 14.4 Å². The molecule has 0 aliphatic carbocycles. The molecule has 1 aromatic heterocycles. The van der Waals surface area contributed by atoms with Crippen LogP contribution in [0.5, 0.6) is 0 Å². The monoisotopic (exact) mass is 366 g/mol. The number of rotatable bonds is 4. The van der Waals surface area contributed by atoms with Gasteiger partial charge in [0.2, 0.25) is 0 Å². The van der Waals surface area contributed by atoms with Crippen molar-refractivity contribution in [1.82, 2.24) is 15.6 Å². The molecule has 2 aromatic rings. The summed E-state index contributed by atoms with van der Waals surface area (Å²) in [5, 5.41) is 5.09. The van der Waals surface area contributed by atoms with Crippen LogP contribution in [0.2, 0.25) is 0 Å². The van der Waals surface area contributed by atoms with Gasteiger partial charge in [-0.05, 0) is 39.0 Å². The van der Waals surface area contributed by atoms with E-state index in [1.165, 1.54) is 0 Å². The molecule has 140 valence electrons. The molecule has 3 amide bonds. The van der Waals surface area contributed by atoms with Gasteiger partial charge in [-0.2, -0.15) is 0 Å². The SMILES string of the molecule is Cc1ccc2c(c1)[C@H](NC(=O)C(=O)NCc1ccccn1)C(=O)N2C(C)C. The fraction of sp³-hybridized carbons (Fsp3) is 0.300. The fourth-order valence-corrected chi connectivity index (χ4v) is 3.14. The lowest BCUT2D eigenvalue weighted by Crippen LogP contribution is -2.45. The van der Waals surface area contributed by atoms with Gasteiger partial charge in [-0.25, -0.2) is 0 Å². The molecule has 7 nitrogen and oxygen atoms in total. The van der Waals surface area contributed by atoms with Crippen LogP contribution in [0, 0.1) is 6.92 Å². The van der Waals surface area contributed by atoms with Gasteiger partial charge >= 0.3 is 11.8 Å². The molecule has 1 aliphatic rings. The summed E-state index contributed by atoms with van der Waals surface area (Å²) in [5.41, 5.74) is 3.09. The summed E-state index contributed by atoms with van der Waals surface area (Å²) in [4.78, 5) is 43.0. The van der Waals surface area contributed by atoms with Crippen LogP contribution in [0.4, 0.5) is 5.69 Å². The Morgan fingerprint density at radius 2 is 1.96 bits per heavy atom. The maximum atomic E-state index is 12.8. The molecule has 7 heteroatoms. The minimum atomic E-state index is -0.865. The van der Waals surface area contributed by atoms with Gasteiger partial charge in [0.25, 0.3) is 5.91 Å². The normalized spacial score (nSPS) is 15.6. The fourth-order valence-electron chi connectivity index (χ4n) is 3.14. The van der Waals surface area contributed by atoms with Gasteiger partial charge in [0.05, 0.1) is 12.2 Å². The van der Waals surface area contributed by atoms with Crippen LogP contribution in [0.15, 0.2) is 42.6 Å². The number of amides is 3. The molecule has 27 heavy (non-hydrogen) atoms. The van der Waals surface area contributed by atoms with Gasteiger partial charge in [0.1, 0.15) is 6.04 Å². The maximum absolute atomic E-state index is 12.8. The van der Waals surface area contributed by atoms with E-state index in [2.05, 4.69) is 15.6 Å². The van der Waals surface area contributed by atoms with Crippen LogP contribution in [0.1, 0.15) is 36.7 Å². The van der Waals surface area contributed by atoms with Crippen molar-refractivity contribution in [2.24, 2.45) is 0 Å². The third-order valence-corrected chi connectivity index (χ3v) is 4.39. The number of nitrogens with one attached hydrogen (secondary N) is 2. The summed E-state index contributed by atoms with van der Waals surface area (Å²) in [6, 6.07) is 10.1. The van der Waals surface area contributed by atoms with E-state index in [4.69, 9.17) is 0 Å². The molecule has 1 aromatic carbocycles. The van der Waals surface area contributed by atoms with E-state index in [1.807, 2.05) is 39.0 Å². The number of benzene rings is 1. The van der Waals surface area contributed by atoms with Gasteiger partial charge in [0, 0.05) is 23.5 Å². The highest BCUT2D eigenvalue weighted by atomic mass is 16.2. The average Bonchev–Trinajstić information content (AvgIpc) is 2.92. The third kappa shape index (κ3) is 3.81. The predicted molar refractivity (Wildman–Crippen MR) is 101 cm³/mol. The minimum absolute atomic E-state index is 0.0566. The van der Waals surface area contributed by atoms with Crippen molar-refractivity contribution >= 4 is 23.4 Å². The summed E-state index contributed by atoms with van der Waals surface area (Å²) in [5.74, 6) is -1.88. The number of aromatic nitrogens is 1. The predicted octanol–water partition coefficient (Wildman–Crippen LogP) is 1.62. The van der Waals surface area contributed by atoms with Crippen LogP contribution in [-0.2, 0) is 20.9 Å². The van der Waals surface area contributed by atoms with Crippen molar-refractivity contribution in [3.63, 3.8) is 0 Å². The molecular weight excluding hydrogens is 344 g/mol. The Morgan fingerprint density at radius 1 is 1.19 bits per heavy atom. The molecule has 2 heterocycles. The van der Waals surface area contributed by atoms with Crippen LogP contribution < -0.4 is 15.5 Å². The Labute approximate surface area is 157 Å². The first-order valence-corrected chi connectivity index (χ1v) is 8.80. The highest BCUT2D eigenvalue weighted by Gasteiger charge is 2.40. The first-order chi connectivity index (χ1) is 12.9. The maximum Gasteiger partial charge on any atom is 0.310 e. The van der Waals surface area contributed by atoms with Crippen LogP contribution in [-0.4, -0.2) is 28.7 Å². The summed E-state index contributed by atoms with van der Waals surface area (Å²) in [6.45, 7) is 5.87. The molecule has 2 N–H and O–H groups in total.